The minimum absolute atomic E-state index is 0. The fourth-order valence-corrected chi connectivity index (χ4v) is 11.9. The SMILES string of the molecule is C.C.C.C.C.[2H]C(C)(C)c1cc(-c2ccccc2C)[n+](C)cc1C([2H])(C)C([2H])([2H])[2H].[2H]C([2H])(C)c1cc(-c2ccccc2C)[n+](C)cc1C([2H])(C)C([2H])([2H])[2H].[2H]C([2H])([2H])C([2H])(C)c1c[n+](C)c(-c2ccccc2C)cc1CC.[2H]C([2H])([2H])C([2H])(C)c1cc(-c2ccccc2C)[n+](C)cc1CC.[2H]C([2H])([2H])C([2H])([2H])c1c[n+](C)c(-c2ccccc2C)cc1C([2H])(C)C([2H])([2H])[2H]. The first-order chi connectivity index (χ1) is 56.2. The second kappa shape index (κ2) is 42.3. The lowest BCUT2D eigenvalue weighted by molar-refractivity contribution is -0.661. The summed E-state index contributed by atoms with van der Waals surface area (Å²) in [4.78, 5) is 0. The van der Waals surface area contributed by atoms with Crippen LogP contribution < -0.4 is 22.8 Å². The highest BCUT2D eigenvalue weighted by Crippen LogP contribution is 2.33. The minimum Gasteiger partial charge on any atom is -0.201 e. The number of benzene rings is 5. The second-order valence-electron chi connectivity index (χ2n) is 25.0. The zero-order chi connectivity index (χ0) is 94.9. The van der Waals surface area contributed by atoms with Crippen molar-refractivity contribution < 1.29 is 61.2 Å². The number of rotatable bonds is 15. The molecule has 0 aliphatic heterocycles. The van der Waals surface area contributed by atoms with Gasteiger partial charge in [-0.1, -0.05) is 238 Å². The number of aromatic nitrogens is 5. The van der Waals surface area contributed by atoms with Crippen LogP contribution in [0.1, 0.15) is 305 Å². The Morgan fingerprint density at radius 3 is 0.861 bits per heavy atom. The summed E-state index contributed by atoms with van der Waals surface area (Å²) in [6, 6.07) is 48.1. The summed E-state index contributed by atoms with van der Waals surface area (Å²) in [5.74, 6) is -10.2. The molecule has 0 spiro atoms. The third kappa shape index (κ3) is 23.2. The lowest BCUT2D eigenvalue weighted by atomic mass is 9.90. The summed E-state index contributed by atoms with van der Waals surface area (Å²) in [7, 11) is 9.14. The maximum atomic E-state index is 8.51. The van der Waals surface area contributed by atoms with Crippen LogP contribution in [0, 0.1) is 34.6 Å². The van der Waals surface area contributed by atoms with Gasteiger partial charge in [0, 0.05) is 124 Å². The van der Waals surface area contributed by atoms with E-state index in [1.165, 1.54) is 52.4 Å². The van der Waals surface area contributed by atoms with Gasteiger partial charge in [0.1, 0.15) is 35.2 Å². The van der Waals surface area contributed by atoms with Crippen LogP contribution >= 0.6 is 0 Å². The van der Waals surface area contributed by atoms with Crippen LogP contribution in [0.25, 0.3) is 56.3 Å². The van der Waals surface area contributed by atoms with Crippen molar-refractivity contribution in [3.63, 3.8) is 0 Å². The van der Waals surface area contributed by atoms with E-state index < -0.39 is 89.2 Å². The Hall–Kier alpha value is -8.15. The van der Waals surface area contributed by atoms with Crippen molar-refractivity contribution in [2.75, 3.05) is 0 Å². The van der Waals surface area contributed by atoms with Gasteiger partial charge in [-0.05, 0) is 182 Å². The summed E-state index contributed by atoms with van der Waals surface area (Å²) in [6.45, 7) is 10.0. The highest BCUT2D eigenvalue weighted by atomic mass is 14.9. The van der Waals surface area contributed by atoms with Gasteiger partial charge in [0.2, 0.25) is 28.5 Å². The van der Waals surface area contributed by atoms with Gasteiger partial charge in [0.25, 0.3) is 0 Å². The summed E-state index contributed by atoms with van der Waals surface area (Å²) in [5, 5.41) is 0. The smallest absolute Gasteiger partial charge is 0.201 e. The van der Waals surface area contributed by atoms with Gasteiger partial charge < -0.3 is 0 Å². The Labute approximate surface area is 659 Å². The van der Waals surface area contributed by atoms with Crippen molar-refractivity contribution in [2.24, 2.45) is 35.2 Å². The highest BCUT2D eigenvalue weighted by molar-refractivity contribution is 5.66. The molecule has 101 heavy (non-hydrogen) atoms. The Bertz CT molecular complexity index is 5300. The number of nitrogens with zero attached hydrogens (tertiary/aromatic N) is 5. The van der Waals surface area contributed by atoms with Crippen molar-refractivity contribution >= 4 is 0 Å². The standard InChI is InChI=1S/C19H26N.4C18H24N.5CH4/c1-13(2)17-11-19(16-10-8-7-9-15(16)5)20(6)12-18(17)14(3)4;2*1-6-15-12-19(5)18(11-17(15)13(2)3)16-10-8-7-9-14(16)4;2*1-6-15-11-18(16-10-8-7-9-14(16)4)19(5)12-17(15)13(2)3;;;;;/h7-14H,1-6H3;4*7-13H,6H2,1-5H3;5*1H4/q5*+1;;;;;/i3D3,13D,14D;1D3,2D3,6D2,13D;2D3,13D;2D3,6D2,13D;2D3,13D;;;;;. The fraction of sp³-hybridized carbons (Fsp3) is 0.427. The van der Waals surface area contributed by atoms with Gasteiger partial charge in [0.05, 0.1) is 0 Å². The molecule has 0 N–H and O–H groups in total. The van der Waals surface area contributed by atoms with E-state index in [0.717, 1.165) is 90.9 Å². The predicted octanol–water partition coefficient (Wildman–Crippen LogP) is 24.6. The van der Waals surface area contributed by atoms with E-state index in [4.69, 9.17) is 38.4 Å². The fourth-order valence-electron chi connectivity index (χ4n) is 11.9. The molecule has 0 aliphatic carbocycles. The van der Waals surface area contributed by atoms with Crippen LogP contribution in [0.4, 0.5) is 0 Å². The molecule has 5 atom stereocenters. The van der Waals surface area contributed by atoms with Crippen molar-refractivity contribution in [1.29, 1.82) is 0 Å². The van der Waals surface area contributed by atoms with Crippen molar-refractivity contribution in [2.45, 2.75) is 243 Å². The van der Waals surface area contributed by atoms with Crippen molar-refractivity contribution in [3.05, 3.63) is 266 Å². The molecule has 5 heterocycles. The van der Waals surface area contributed by atoms with Gasteiger partial charge >= 0.3 is 0 Å². The molecule has 0 saturated heterocycles. The van der Waals surface area contributed by atoms with Gasteiger partial charge in [-0.3, -0.25) is 0 Å². The molecule has 5 nitrogen and oxygen atoms in total. The lowest BCUT2D eigenvalue weighted by Gasteiger charge is -2.16. The molecule has 10 rings (SSSR count). The van der Waals surface area contributed by atoms with Gasteiger partial charge in [0.15, 0.2) is 31.0 Å². The normalized spacial score (nSPS) is 18.7. The maximum Gasteiger partial charge on any atom is 0.212 e. The number of hydrogen-bond acceptors (Lipinski definition) is 0. The van der Waals surface area contributed by atoms with E-state index >= 15 is 0 Å². The average Bonchev–Trinajstić information content (AvgIpc) is 1.32. The van der Waals surface area contributed by atoms with Gasteiger partial charge in [-0.25, -0.2) is 22.8 Å². The van der Waals surface area contributed by atoms with Crippen molar-refractivity contribution in [3.8, 4) is 56.3 Å². The lowest BCUT2D eigenvalue weighted by Crippen LogP contribution is -2.32. The van der Waals surface area contributed by atoms with Crippen LogP contribution in [0.15, 0.2) is 183 Å². The first-order valence-corrected chi connectivity index (χ1v) is 32.7. The van der Waals surface area contributed by atoms with E-state index in [2.05, 4.69) is 19.1 Å². The summed E-state index contributed by atoms with van der Waals surface area (Å²) < 4.78 is 232. The first-order valence-electron chi connectivity index (χ1n) is 46.7. The minimum atomic E-state index is -3.02. The molecule has 5 heteroatoms. The third-order valence-electron chi connectivity index (χ3n) is 17.4. The molecule has 0 amide bonds. The Morgan fingerprint density at radius 1 is 0.297 bits per heavy atom. The van der Waals surface area contributed by atoms with Crippen LogP contribution in [0.3, 0.4) is 0 Å². The van der Waals surface area contributed by atoms with Crippen LogP contribution in [0.5, 0.6) is 0 Å². The van der Waals surface area contributed by atoms with E-state index in [1.54, 1.807) is 61.7 Å². The molecule has 5 aromatic carbocycles. The topological polar surface area (TPSA) is 19.4 Å². The number of aryl methyl sites for hydroxylation is 14. The molecule has 5 aromatic heterocycles. The van der Waals surface area contributed by atoms with Gasteiger partial charge in [-0.15, -0.1) is 0 Å². The molecular formula is C96H142N5+5. The predicted molar refractivity (Wildman–Crippen MR) is 445 cm³/mol. The van der Waals surface area contributed by atoms with E-state index in [0.29, 0.717) is 40.8 Å². The zero-order valence-corrected chi connectivity index (χ0v) is 60.5. The van der Waals surface area contributed by atoms with Crippen LogP contribution in [-0.4, -0.2) is 0 Å². The molecule has 0 aliphatic rings. The summed E-state index contributed by atoms with van der Waals surface area (Å²) in [5.41, 5.74) is 18.3. The van der Waals surface area contributed by atoms with E-state index in [-0.39, 0.29) is 59.4 Å². The number of hydrogen-bond donors (Lipinski definition) is 0. The van der Waals surface area contributed by atoms with Crippen LogP contribution in [-0.2, 0) is 60.8 Å². The third-order valence-corrected chi connectivity index (χ3v) is 17.4. The van der Waals surface area contributed by atoms with E-state index in [1.807, 2.05) is 210 Å². The first kappa shape index (κ1) is 53.6. The molecule has 0 saturated carbocycles. The molecule has 5 unspecified atom stereocenters. The Morgan fingerprint density at radius 2 is 0.554 bits per heavy atom. The van der Waals surface area contributed by atoms with Crippen LogP contribution in [0.2, 0.25) is 0 Å². The molecule has 0 fully saturated rings. The molecule has 546 valence electrons. The molecule has 0 radical (unpaired) electrons. The summed E-state index contributed by atoms with van der Waals surface area (Å²) >= 11 is 0. The molecular weight excluding hydrogens is 1220 g/mol. The molecule has 10 aromatic rings. The molecule has 0 bridgehead atoms. The van der Waals surface area contributed by atoms with Crippen molar-refractivity contribution in [1.82, 2.24) is 0 Å². The quantitative estimate of drug-likeness (QED) is 0.0912. The number of pyridine rings is 5. The highest BCUT2D eigenvalue weighted by Gasteiger charge is 2.24. The largest absolute Gasteiger partial charge is 0.212 e. The van der Waals surface area contributed by atoms with E-state index in [9.17, 15) is 0 Å². The average molecular weight is 1390 g/mol. The Kier molecular flexibility index (Phi) is 22.5. The monoisotopic (exact) mass is 1390 g/mol. The maximum absolute atomic E-state index is 8.51. The zero-order valence-electron chi connectivity index (χ0n) is 88.5. The second-order valence-corrected chi connectivity index (χ2v) is 25.0. The van der Waals surface area contributed by atoms with Gasteiger partial charge in [-0.2, -0.15) is 0 Å². The summed E-state index contributed by atoms with van der Waals surface area (Å²) in [6.07, 6.45) is 5.13. The Balaban J connectivity index is 0.000000800.